The number of sulfone groups is 1. The van der Waals surface area contributed by atoms with Gasteiger partial charge in [-0.1, -0.05) is 12.1 Å². The van der Waals surface area contributed by atoms with Crippen molar-refractivity contribution in [2.75, 3.05) is 30.9 Å². The van der Waals surface area contributed by atoms with E-state index < -0.39 is 9.84 Å². The monoisotopic (exact) mass is 282 g/mol. The van der Waals surface area contributed by atoms with E-state index in [-0.39, 0.29) is 6.04 Å². The molecule has 0 aromatic heterocycles. The van der Waals surface area contributed by atoms with E-state index in [0.717, 1.165) is 12.2 Å². The molecule has 1 fully saturated rings. The van der Waals surface area contributed by atoms with Crippen LogP contribution < -0.4 is 5.32 Å². The molecule has 106 valence electrons. The maximum absolute atomic E-state index is 11.4. The highest BCUT2D eigenvalue weighted by Gasteiger charge is 2.23. The highest BCUT2D eigenvalue weighted by atomic mass is 32.2. The first-order chi connectivity index (χ1) is 8.94. The predicted molar refractivity (Wildman–Crippen MR) is 79.1 cm³/mol. The van der Waals surface area contributed by atoms with Crippen LogP contribution in [0.5, 0.6) is 0 Å². The maximum Gasteiger partial charge on any atom is 0.150 e. The molecule has 1 N–H and O–H groups in total. The molecule has 0 amide bonds. The molecule has 0 bridgehead atoms. The Labute approximate surface area is 115 Å². The van der Waals surface area contributed by atoms with Gasteiger partial charge in [0.2, 0.25) is 0 Å². The average molecular weight is 282 g/mol. The van der Waals surface area contributed by atoms with Gasteiger partial charge in [0.15, 0.2) is 0 Å². The van der Waals surface area contributed by atoms with Crippen LogP contribution in [0.2, 0.25) is 0 Å². The molecule has 0 atom stereocenters. The van der Waals surface area contributed by atoms with E-state index in [0.29, 0.717) is 24.3 Å². The Balaban J connectivity index is 1.96. The second kappa shape index (κ2) is 5.92. The van der Waals surface area contributed by atoms with Gasteiger partial charge < -0.3 is 10.2 Å². The zero-order chi connectivity index (χ0) is 13.9. The average Bonchev–Trinajstić information content (AvgIpc) is 2.32. The number of benzene rings is 1. The predicted octanol–water partition coefficient (Wildman–Crippen LogP) is 1.74. The SMILES string of the molecule is CN(C)Cc1cccc(NC2CCS(=O)(=O)CC2)c1. The van der Waals surface area contributed by atoms with Crippen LogP contribution in [0.15, 0.2) is 24.3 Å². The molecule has 1 aliphatic rings. The van der Waals surface area contributed by atoms with Crippen LogP contribution in [-0.4, -0.2) is 45.0 Å². The van der Waals surface area contributed by atoms with Crippen molar-refractivity contribution in [3.8, 4) is 0 Å². The molecule has 0 unspecified atom stereocenters. The van der Waals surface area contributed by atoms with Crippen molar-refractivity contribution >= 4 is 15.5 Å². The van der Waals surface area contributed by atoms with Crippen molar-refractivity contribution in [1.82, 2.24) is 4.90 Å². The highest BCUT2D eigenvalue weighted by Crippen LogP contribution is 2.19. The van der Waals surface area contributed by atoms with Crippen molar-refractivity contribution < 1.29 is 8.42 Å². The van der Waals surface area contributed by atoms with Gasteiger partial charge >= 0.3 is 0 Å². The largest absolute Gasteiger partial charge is 0.382 e. The molecule has 0 aliphatic carbocycles. The Hall–Kier alpha value is -1.07. The summed E-state index contributed by atoms with van der Waals surface area (Å²) in [6, 6.07) is 8.61. The molecule has 0 spiro atoms. The van der Waals surface area contributed by atoms with Crippen LogP contribution in [-0.2, 0) is 16.4 Å². The quantitative estimate of drug-likeness (QED) is 0.914. The topological polar surface area (TPSA) is 49.4 Å². The molecule has 1 aromatic rings. The number of hydrogen-bond donors (Lipinski definition) is 1. The zero-order valence-electron chi connectivity index (χ0n) is 11.6. The summed E-state index contributed by atoms with van der Waals surface area (Å²) in [5.74, 6) is 0.615. The molecule has 0 radical (unpaired) electrons. The summed E-state index contributed by atoms with van der Waals surface area (Å²) in [6.45, 7) is 0.911. The van der Waals surface area contributed by atoms with E-state index in [9.17, 15) is 8.42 Å². The summed E-state index contributed by atoms with van der Waals surface area (Å²) >= 11 is 0. The third-order valence-electron chi connectivity index (χ3n) is 3.35. The lowest BCUT2D eigenvalue weighted by molar-refractivity contribution is 0.402. The van der Waals surface area contributed by atoms with Gasteiger partial charge in [-0.3, -0.25) is 0 Å². The Kier molecular flexibility index (Phi) is 4.47. The lowest BCUT2D eigenvalue weighted by Crippen LogP contribution is -2.32. The van der Waals surface area contributed by atoms with Gasteiger partial charge in [0, 0.05) is 18.3 Å². The van der Waals surface area contributed by atoms with E-state index in [1.807, 2.05) is 26.2 Å². The Morgan fingerprint density at radius 3 is 2.58 bits per heavy atom. The number of anilines is 1. The van der Waals surface area contributed by atoms with E-state index in [2.05, 4.69) is 22.3 Å². The summed E-state index contributed by atoms with van der Waals surface area (Å²) in [6.07, 6.45) is 1.42. The molecule has 1 aromatic carbocycles. The van der Waals surface area contributed by atoms with Gasteiger partial charge in [-0.15, -0.1) is 0 Å². The number of nitrogens with one attached hydrogen (secondary N) is 1. The van der Waals surface area contributed by atoms with Crippen molar-refractivity contribution in [2.24, 2.45) is 0 Å². The standard InChI is InChI=1S/C14H22N2O2S/c1-16(2)11-12-4-3-5-14(10-12)15-13-6-8-19(17,18)9-7-13/h3-5,10,13,15H,6-9,11H2,1-2H3. The molecule has 4 nitrogen and oxygen atoms in total. The molecular formula is C14H22N2O2S. The Bertz CT molecular complexity index is 512. The minimum atomic E-state index is -2.78. The summed E-state index contributed by atoms with van der Waals surface area (Å²) in [5, 5.41) is 3.45. The molecule has 1 heterocycles. The van der Waals surface area contributed by atoms with Gasteiger partial charge in [0.25, 0.3) is 0 Å². The van der Waals surface area contributed by atoms with Gasteiger partial charge in [0.05, 0.1) is 11.5 Å². The van der Waals surface area contributed by atoms with Crippen molar-refractivity contribution in [2.45, 2.75) is 25.4 Å². The third kappa shape index (κ3) is 4.51. The molecule has 2 rings (SSSR count). The van der Waals surface area contributed by atoms with Gasteiger partial charge in [-0.05, 0) is 44.6 Å². The smallest absolute Gasteiger partial charge is 0.150 e. The summed E-state index contributed by atoms with van der Waals surface area (Å²) in [7, 11) is 1.32. The fraction of sp³-hybridized carbons (Fsp3) is 0.571. The van der Waals surface area contributed by atoms with Gasteiger partial charge in [0.1, 0.15) is 9.84 Å². The van der Waals surface area contributed by atoms with Gasteiger partial charge in [-0.25, -0.2) is 8.42 Å². The summed E-state index contributed by atoms with van der Waals surface area (Å²) in [5.41, 5.74) is 2.35. The first-order valence-electron chi connectivity index (χ1n) is 6.65. The fourth-order valence-corrected chi connectivity index (χ4v) is 3.89. The number of hydrogen-bond acceptors (Lipinski definition) is 4. The van der Waals surface area contributed by atoms with Crippen LogP contribution in [0, 0.1) is 0 Å². The van der Waals surface area contributed by atoms with E-state index in [4.69, 9.17) is 0 Å². The van der Waals surface area contributed by atoms with Crippen molar-refractivity contribution in [1.29, 1.82) is 0 Å². The fourth-order valence-electron chi connectivity index (χ4n) is 2.39. The van der Waals surface area contributed by atoms with E-state index in [1.165, 1.54) is 5.56 Å². The minimum absolute atomic E-state index is 0.276. The molecule has 1 aliphatic heterocycles. The first-order valence-corrected chi connectivity index (χ1v) is 8.47. The maximum atomic E-state index is 11.4. The second-order valence-corrected chi connectivity index (χ2v) is 7.81. The Morgan fingerprint density at radius 1 is 1.26 bits per heavy atom. The van der Waals surface area contributed by atoms with Gasteiger partial charge in [-0.2, -0.15) is 0 Å². The second-order valence-electron chi connectivity index (χ2n) is 5.51. The Morgan fingerprint density at radius 2 is 1.95 bits per heavy atom. The molecule has 1 saturated heterocycles. The van der Waals surface area contributed by atoms with Crippen LogP contribution in [0.1, 0.15) is 18.4 Å². The summed E-state index contributed by atoms with van der Waals surface area (Å²) < 4.78 is 22.8. The number of nitrogens with zero attached hydrogens (tertiary/aromatic N) is 1. The normalized spacial score (nSPS) is 19.5. The van der Waals surface area contributed by atoms with Crippen LogP contribution in [0.25, 0.3) is 0 Å². The minimum Gasteiger partial charge on any atom is -0.382 e. The van der Waals surface area contributed by atoms with Crippen LogP contribution in [0.3, 0.4) is 0 Å². The van der Waals surface area contributed by atoms with Crippen molar-refractivity contribution in [3.05, 3.63) is 29.8 Å². The summed E-state index contributed by atoms with van der Waals surface area (Å²) in [4.78, 5) is 2.13. The van der Waals surface area contributed by atoms with E-state index >= 15 is 0 Å². The molecule has 19 heavy (non-hydrogen) atoms. The number of rotatable bonds is 4. The zero-order valence-corrected chi connectivity index (χ0v) is 12.4. The van der Waals surface area contributed by atoms with Crippen LogP contribution >= 0.6 is 0 Å². The molecule has 0 saturated carbocycles. The van der Waals surface area contributed by atoms with E-state index in [1.54, 1.807) is 0 Å². The van der Waals surface area contributed by atoms with Crippen molar-refractivity contribution in [3.63, 3.8) is 0 Å². The molecular weight excluding hydrogens is 260 g/mol. The lowest BCUT2D eigenvalue weighted by Gasteiger charge is -2.24. The van der Waals surface area contributed by atoms with Crippen LogP contribution in [0.4, 0.5) is 5.69 Å². The third-order valence-corrected chi connectivity index (χ3v) is 5.07. The highest BCUT2D eigenvalue weighted by molar-refractivity contribution is 7.91. The molecule has 5 heteroatoms. The first kappa shape index (κ1) is 14.3. The lowest BCUT2D eigenvalue weighted by atomic mass is 10.1.